The van der Waals surface area contributed by atoms with Crippen molar-refractivity contribution < 1.29 is 4.21 Å². The maximum Gasteiger partial charge on any atom is 0.228 e. The predicted octanol–water partition coefficient (Wildman–Crippen LogP) is 3.10. The molecule has 5 rings (SSSR count). The van der Waals surface area contributed by atoms with E-state index in [0.717, 1.165) is 44.5 Å². The number of hydrogen-bond donors (Lipinski definition) is 2. The third kappa shape index (κ3) is 3.74. The Hall–Kier alpha value is -2.42. The fourth-order valence-corrected chi connectivity index (χ4v) is 6.16. The number of pyridine rings is 1. The van der Waals surface area contributed by atoms with Crippen LogP contribution in [0.3, 0.4) is 0 Å². The summed E-state index contributed by atoms with van der Waals surface area (Å²) in [7, 11) is -1.42. The molecule has 4 heterocycles. The molecule has 1 aliphatic heterocycles. The van der Waals surface area contributed by atoms with E-state index in [1.807, 2.05) is 26.1 Å². The summed E-state index contributed by atoms with van der Waals surface area (Å²) in [6, 6.07) is 6.31. The molecule has 0 radical (unpaired) electrons. The second-order valence-electron chi connectivity index (χ2n) is 9.60. The minimum absolute atomic E-state index is 0.0291. The van der Waals surface area contributed by atoms with Crippen molar-refractivity contribution in [2.45, 2.75) is 50.2 Å². The third-order valence-corrected chi connectivity index (χ3v) is 9.14. The monoisotopic (exact) mass is 528 g/mol. The SMILES string of the molecule is CC(C)(C[C@@H]1c2cccnc2CC12CCN(c1nc(C#N)c3c(Br)[nH]nc3n1)CC2)S(N)=O. The van der Waals surface area contributed by atoms with Crippen LogP contribution in [-0.2, 0) is 17.4 Å². The smallest absolute Gasteiger partial charge is 0.228 e. The Morgan fingerprint density at radius 3 is 2.85 bits per heavy atom. The van der Waals surface area contributed by atoms with Crippen LogP contribution in [0, 0.1) is 16.7 Å². The van der Waals surface area contributed by atoms with Gasteiger partial charge in [-0.2, -0.15) is 15.3 Å². The minimum Gasteiger partial charge on any atom is -0.341 e. The zero-order valence-corrected chi connectivity index (χ0v) is 20.9. The molecular weight excluding hydrogens is 504 g/mol. The molecule has 0 amide bonds. The lowest BCUT2D eigenvalue weighted by Crippen LogP contribution is -2.45. The molecule has 2 atom stereocenters. The van der Waals surface area contributed by atoms with Gasteiger partial charge in [0.15, 0.2) is 11.3 Å². The number of aromatic nitrogens is 5. The summed E-state index contributed by atoms with van der Waals surface area (Å²) in [6.45, 7) is 5.49. The summed E-state index contributed by atoms with van der Waals surface area (Å²) in [5, 5.41) is 23.1. The molecule has 1 saturated heterocycles. The van der Waals surface area contributed by atoms with Gasteiger partial charge in [-0.05, 0) is 78.4 Å². The number of halogens is 1. The summed E-state index contributed by atoms with van der Waals surface area (Å²) in [5.41, 5.74) is 3.21. The van der Waals surface area contributed by atoms with Crippen molar-refractivity contribution in [1.82, 2.24) is 25.1 Å². The van der Waals surface area contributed by atoms with Gasteiger partial charge in [0.25, 0.3) is 0 Å². The zero-order valence-electron chi connectivity index (χ0n) is 18.5. The van der Waals surface area contributed by atoms with Gasteiger partial charge in [0, 0.05) is 25.0 Å². The number of piperidine rings is 1. The first-order valence-electron chi connectivity index (χ1n) is 10.9. The van der Waals surface area contributed by atoms with Crippen LogP contribution in [-0.4, -0.2) is 47.2 Å². The summed E-state index contributed by atoms with van der Waals surface area (Å²) in [5.74, 6) is 0.771. The second kappa shape index (κ2) is 8.11. The van der Waals surface area contributed by atoms with Crippen LogP contribution in [0.2, 0.25) is 0 Å². The largest absolute Gasteiger partial charge is 0.341 e. The van der Waals surface area contributed by atoms with E-state index in [9.17, 15) is 9.47 Å². The van der Waals surface area contributed by atoms with E-state index in [-0.39, 0.29) is 11.3 Å². The number of nitriles is 1. The molecule has 1 aliphatic carbocycles. The van der Waals surface area contributed by atoms with Gasteiger partial charge in [-0.3, -0.25) is 15.2 Å². The van der Waals surface area contributed by atoms with E-state index in [1.165, 1.54) is 5.56 Å². The molecule has 1 spiro atoms. The quantitative estimate of drug-likeness (QED) is 0.530. The molecule has 3 aromatic heterocycles. The Labute approximate surface area is 202 Å². The molecule has 0 aromatic carbocycles. The molecule has 9 nitrogen and oxygen atoms in total. The molecule has 0 saturated carbocycles. The number of nitrogens with one attached hydrogen (secondary N) is 1. The van der Waals surface area contributed by atoms with Crippen molar-refractivity contribution in [2.24, 2.45) is 10.6 Å². The van der Waals surface area contributed by atoms with Crippen LogP contribution in [0.1, 0.15) is 56.0 Å². The molecule has 11 heteroatoms. The van der Waals surface area contributed by atoms with E-state index in [4.69, 9.17) is 5.14 Å². The van der Waals surface area contributed by atoms with E-state index in [1.54, 1.807) is 0 Å². The van der Waals surface area contributed by atoms with Crippen molar-refractivity contribution >= 4 is 43.9 Å². The van der Waals surface area contributed by atoms with Crippen molar-refractivity contribution in [3.8, 4) is 6.07 Å². The van der Waals surface area contributed by atoms with Crippen LogP contribution < -0.4 is 10.0 Å². The number of anilines is 1. The van der Waals surface area contributed by atoms with Crippen LogP contribution in [0.5, 0.6) is 0 Å². The van der Waals surface area contributed by atoms with Crippen LogP contribution >= 0.6 is 15.9 Å². The predicted molar refractivity (Wildman–Crippen MR) is 130 cm³/mol. The van der Waals surface area contributed by atoms with Gasteiger partial charge in [0.1, 0.15) is 10.7 Å². The highest BCUT2D eigenvalue weighted by molar-refractivity contribution is 9.10. The summed E-state index contributed by atoms with van der Waals surface area (Å²) < 4.78 is 12.4. The Morgan fingerprint density at radius 2 is 2.15 bits per heavy atom. The Morgan fingerprint density at radius 1 is 1.39 bits per heavy atom. The molecular formula is C22H25BrN8OS. The first-order chi connectivity index (χ1) is 15.7. The number of nitrogens with zero attached hydrogens (tertiary/aromatic N) is 6. The maximum absolute atomic E-state index is 12.3. The zero-order chi connectivity index (χ0) is 23.4. The number of fused-ring (bicyclic) bond motifs is 2. The van der Waals surface area contributed by atoms with Crippen LogP contribution in [0.15, 0.2) is 22.9 Å². The van der Waals surface area contributed by atoms with Gasteiger partial charge < -0.3 is 4.90 Å². The fourth-order valence-electron chi connectivity index (χ4n) is 5.38. The number of aromatic amines is 1. The van der Waals surface area contributed by atoms with Crippen molar-refractivity contribution in [2.75, 3.05) is 18.0 Å². The summed E-state index contributed by atoms with van der Waals surface area (Å²) in [6.07, 6.45) is 5.36. The number of nitrogens with two attached hydrogens (primary N) is 1. The lowest BCUT2D eigenvalue weighted by molar-refractivity contribution is 0.169. The topological polar surface area (TPSA) is 137 Å². The van der Waals surface area contributed by atoms with Crippen molar-refractivity contribution in [3.05, 3.63) is 39.9 Å². The van der Waals surface area contributed by atoms with Gasteiger partial charge in [0.2, 0.25) is 5.95 Å². The minimum atomic E-state index is -1.42. The molecule has 172 valence electrons. The highest BCUT2D eigenvalue weighted by Gasteiger charge is 2.50. The molecule has 1 unspecified atom stereocenters. The standard InChI is InChI=1S/C22H25BrN8OS/c1-21(2,33(25)32)10-14-13-4-3-7-26-15(13)11-22(14)5-8-31(9-6-22)20-27-16(12-24)17-18(23)29-30-19(17)28-20/h3-4,7,14H,5-6,8-11,25H2,1-2H3,(H,27,28,29,30)/t14-,33?/m1/s1. The number of H-pyrrole nitrogens is 1. The van der Waals surface area contributed by atoms with E-state index < -0.39 is 15.7 Å². The maximum atomic E-state index is 12.3. The molecule has 1 fully saturated rings. The average Bonchev–Trinajstić information content (AvgIpc) is 3.31. The van der Waals surface area contributed by atoms with E-state index in [0.29, 0.717) is 27.3 Å². The third-order valence-electron chi connectivity index (χ3n) is 7.31. The van der Waals surface area contributed by atoms with E-state index in [2.05, 4.69) is 58.1 Å². The Kier molecular flexibility index (Phi) is 5.50. The second-order valence-corrected chi connectivity index (χ2v) is 12.1. The summed E-state index contributed by atoms with van der Waals surface area (Å²) >= 11 is 3.38. The number of rotatable bonds is 4. The van der Waals surface area contributed by atoms with Crippen molar-refractivity contribution in [1.29, 1.82) is 5.26 Å². The first-order valence-corrected chi connectivity index (χ1v) is 12.9. The van der Waals surface area contributed by atoms with Crippen LogP contribution in [0.4, 0.5) is 5.95 Å². The average molecular weight is 529 g/mol. The fraction of sp³-hybridized carbons (Fsp3) is 0.500. The van der Waals surface area contributed by atoms with Gasteiger partial charge in [0.05, 0.1) is 21.1 Å². The lowest BCUT2D eigenvalue weighted by Gasteiger charge is -2.45. The van der Waals surface area contributed by atoms with Gasteiger partial charge in [-0.15, -0.1) is 0 Å². The molecule has 33 heavy (non-hydrogen) atoms. The van der Waals surface area contributed by atoms with E-state index >= 15 is 0 Å². The molecule has 2 aliphatic rings. The highest BCUT2D eigenvalue weighted by Crippen LogP contribution is 2.56. The Balaban J connectivity index is 1.44. The molecule has 0 bridgehead atoms. The molecule has 3 aromatic rings. The van der Waals surface area contributed by atoms with Gasteiger partial charge >= 0.3 is 0 Å². The summed E-state index contributed by atoms with van der Waals surface area (Å²) in [4.78, 5) is 15.9. The van der Waals surface area contributed by atoms with Crippen molar-refractivity contribution in [3.63, 3.8) is 0 Å². The Bertz CT molecular complexity index is 1290. The lowest BCUT2D eigenvalue weighted by atomic mass is 9.67. The number of hydrogen-bond acceptors (Lipinski definition) is 7. The van der Waals surface area contributed by atoms with Crippen LogP contribution in [0.25, 0.3) is 11.0 Å². The normalized spacial score (nSPS) is 20.7. The van der Waals surface area contributed by atoms with Gasteiger partial charge in [-0.1, -0.05) is 6.07 Å². The molecule has 3 N–H and O–H groups in total. The highest BCUT2D eigenvalue weighted by atomic mass is 79.9. The first kappa shape index (κ1) is 22.4. The van der Waals surface area contributed by atoms with Gasteiger partial charge in [-0.25, -0.2) is 9.19 Å².